The van der Waals surface area contributed by atoms with E-state index in [1.54, 1.807) is 42.5 Å². The minimum Gasteiger partial charge on any atom is -0.355 e. The van der Waals surface area contributed by atoms with Crippen LogP contribution in [-0.2, 0) is 0 Å². The lowest BCUT2D eigenvalue weighted by Crippen LogP contribution is -2.18. The summed E-state index contributed by atoms with van der Waals surface area (Å²) in [5.74, 6) is -1.58. The van der Waals surface area contributed by atoms with Gasteiger partial charge in [0.1, 0.15) is 0 Å². The van der Waals surface area contributed by atoms with Crippen molar-refractivity contribution in [3.8, 4) is 0 Å². The second-order valence-corrected chi connectivity index (χ2v) is 7.14. The van der Waals surface area contributed by atoms with E-state index in [9.17, 15) is 13.2 Å². The van der Waals surface area contributed by atoms with Gasteiger partial charge in [0.2, 0.25) is 0 Å². The molecule has 0 aliphatic carbocycles. The van der Waals surface area contributed by atoms with E-state index >= 15 is 0 Å². The summed E-state index contributed by atoms with van der Waals surface area (Å²) in [7, 11) is 0. The van der Waals surface area contributed by atoms with Gasteiger partial charge in [-0.1, -0.05) is 51.8 Å². The van der Waals surface area contributed by atoms with E-state index in [0.717, 1.165) is 10.0 Å². The Hall–Kier alpha value is -1.72. The molecule has 0 bridgehead atoms. The van der Waals surface area contributed by atoms with Gasteiger partial charge in [-0.3, -0.25) is 0 Å². The fraction of sp³-hybridized carbons (Fsp3) is 0.158. The van der Waals surface area contributed by atoms with E-state index in [0.29, 0.717) is 21.6 Å². The average molecular weight is 429 g/mol. The fourth-order valence-electron chi connectivity index (χ4n) is 2.73. The van der Waals surface area contributed by atoms with Crippen LogP contribution in [0.4, 0.5) is 13.2 Å². The van der Waals surface area contributed by atoms with Gasteiger partial charge in [0.15, 0.2) is 0 Å². The van der Waals surface area contributed by atoms with Gasteiger partial charge in [-0.25, -0.2) is 0 Å². The highest BCUT2D eigenvalue weighted by molar-refractivity contribution is 9.10. The first kappa shape index (κ1) is 18.1. The molecule has 0 radical (unpaired) electrons. The van der Waals surface area contributed by atoms with Gasteiger partial charge < -0.3 is 4.98 Å². The van der Waals surface area contributed by atoms with E-state index in [1.165, 1.54) is 6.92 Å². The molecule has 1 heterocycles. The third-order valence-corrected chi connectivity index (χ3v) is 4.81. The predicted molar refractivity (Wildman–Crippen MR) is 101 cm³/mol. The number of alkyl halides is 3. The molecule has 2 aromatic carbocycles. The quantitative estimate of drug-likeness (QED) is 0.447. The maximum absolute atomic E-state index is 13.3. The van der Waals surface area contributed by atoms with Crippen LogP contribution in [0.3, 0.4) is 0 Å². The van der Waals surface area contributed by atoms with Gasteiger partial charge in [-0.05, 0) is 48.4 Å². The molecule has 6 heteroatoms. The van der Waals surface area contributed by atoms with Gasteiger partial charge in [0.25, 0.3) is 0 Å². The normalized spacial score (nSPS) is 13.7. The lowest BCUT2D eigenvalue weighted by Gasteiger charge is -2.16. The largest absolute Gasteiger partial charge is 0.395 e. The third-order valence-electron chi connectivity index (χ3n) is 4.07. The molecule has 0 saturated heterocycles. The molecule has 0 aliphatic heterocycles. The summed E-state index contributed by atoms with van der Waals surface area (Å²) in [4.78, 5) is 3.10. The zero-order chi connectivity index (χ0) is 18.2. The van der Waals surface area contributed by atoms with Gasteiger partial charge in [0, 0.05) is 26.1 Å². The third kappa shape index (κ3) is 3.93. The van der Waals surface area contributed by atoms with Gasteiger partial charge in [-0.15, -0.1) is 0 Å². The van der Waals surface area contributed by atoms with Crippen molar-refractivity contribution >= 4 is 50.6 Å². The molecule has 1 aromatic heterocycles. The van der Waals surface area contributed by atoms with Crippen molar-refractivity contribution in [2.45, 2.75) is 19.0 Å². The van der Waals surface area contributed by atoms with E-state index in [2.05, 4.69) is 20.9 Å². The molecule has 1 N–H and O–H groups in total. The Morgan fingerprint density at radius 3 is 2.40 bits per heavy atom. The van der Waals surface area contributed by atoms with Crippen molar-refractivity contribution in [1.82, 2.24) is 4.98 Å². The zero-order valence-corrected chi connectivity index (χ0v) is 15.5. The minimum absolute atomic E-state index is 0.250. The summed E-state index contributed by atoms with van der Waals surface area (Å²) in [5, 5.41) is 1.18. The molecule has 0 spiro atoms. The van der Waals surface area contributed by atoms with E-state index in [4.69, 9.17) is 11.6 Å². The zero-order valence-electron chi connectivity index (χ0n) is 13.2. The maximum Gasteiger partial charge on any atom is 0.395 e. The number of benzene rings is 2. The molecule has 0 aliphatic rings. The van der Waals surface area contributed by atoms with Crippen molar-refractivity contribution in [2.75, 3.05) is 0 Å². The summed E-state index contributed by atoms with van der Waals surface area (Å²) in [6, 6.07) is 12.3. The standard InChI is InChI=1S/C19H14BrClF3N/c1-11(19(22,23)24)18-15-8-5-13(20)10-17(15)25-16(18)9-4-12-2-6-14(21)7-3-12/h2-11,25H,1H3/b9-4+. The number of aromatic nitrogens is 1. The van der Waals surface area contributed by atoms with Crippen LogP contribution in [0.5, 0.6) is 0 Å². The first-order chi connectivity index (χ1) is 11.8. The predicted octanol–water partition coefficient (Wildman–Crippen LogP) is 7.42. The van der Waals surface area contributed by atoms with Gasteiger partial charge in [0.05, 0.1) is 5.92 Å². The Morgan fingerprint density at radius 1 is 1.08 bits per heavy atom. The SMILES string of the molecule is CC(c1c(/C=C/c2ccc(Cl)cc2)[nH]c2cc(Br)ccc12)C(F)(F)F. The van der Waals surface area contributed by atoms with E-state index < -0.39 is 12.1 Å². The number of hydrogen-bond acceptors (Lipinski definition) is 0. The lowest BCUT2D eigenvalue weighted by atomic mass is 9.96. The Kier molecular flexibility index (Phi) is 4.98. The molecular formula is C19H14BrClF3N. The summed E-state index contributed by atoms with van der Waals surface area (Å²) < 4.78 is 40.8. The Balaban J connectivity index is 2.11. The van der Waals surface area contributed by atoms with Crippen molar-refractivity contribution < 1.29 is 13.2 Å². The number of fused-ring (bicyclic) bond motifs is 1. The van der Waals surface area contributed by atoms with Crippen LogP contribution in [-0.4, -0.2) is 11.2 Å². The minimum atomic E-state index is -4.31. The summed E-state index contributed by atoms with van der Waals surface area (Å²) in [6.07, 6.45) is -0.873. The van der Waals surface area contributed by atoms with Crippen molar-refractivity contribution in [3.63, 3.8) is 0 Å². The van der Waals surface area contributed by atoms with E-state index in [1.807, 2.05) is 12.1 Å². The van der Waals surface area contributed by atoms with Gasteiger partial charge >= 0.3 is 6.18 Å². The Morgan fingerprint density at radius 2 is 1.76 bits per heavy atom. The van der Waals surface area contributed by atoms with Crippen LogP contribution >= 0.6 is 27.5 Å². The van der Waals surface area contributed by atoms with Crippen molar-refractivity contribution in [1.29, 1.82) is 0 Å². The van der Waals surface area contributed by atoms with Crippen LogP contribution < -0.4 is 0 Å². The first-order valence-electron chi connectivity index (χ1n) is 7.57. The van der Waals surface area contributed by atoms with Crippen LogP contribution in [0, 0.1) is 0 Å². The Bertz CT molecular complexity index is 926. The summed E-state index contributed by atoms with van der Waals surface area (Å²) in [6.45, 7) is 1.18. The monoisotopic (exact) mass is 427 g/mol. The van der Waals surface area contributed by atoms with Crippen LogP contribution in [0.1, 0.15) is 29.7 Å². The molecule has 0 saturated carbocycles. The van der Waals surface area contributed by atoms with Gasteiger partial charge in [-0.2, -0.15) is 13.2 Å². The second-order valence-electron chi connectivity index (χ2n) is 5.79. The summed E-state index contributed by atoms with van der Waals surface area (Å²) in [5.41, 5.74) is 2.22. The smallest absolute Gasteiger partial charge is 0.355 e. The maximum atomic E-state index is 13.3. The molecular weight excluding hydrogens is 415 g/mol. The average Bonchev–Trinajstić information content (AvgIpc) is 2.89. The molecule has 25 heavy (non-hydrogen) atoms. The first-order valence-corrected chi connectivity index (χ1v) is 8.74. The number of H-pyrrole nitrogens is 1. The topological polar surface area (TPSA) is 15.8 Å². The number of halogens is 5. The molecule has 3 aromatic rings. The lowest BCUT2D eigenvalue weighted by molar-refractivity contribution is -0.146. The highest BCUT2D eigenvalue weighted by atomic mass is 79.9. The molecule has 1 nitrogen and oxygen atoms in total. The Labute approximate surface area is 156 Å². The molecule has 0 fully saturated rings. The molecule has 1 unspecified atom stereocenters. The molecule has 3 rings (SSSR count). The number of rotatable bonds is 3. The fourth-order valence-corrected chi connectivity index (χ4v) is 3.21. The van der Waals surface area contributed by atoms with Crippen LogP contribution in [0.2, 0.25) is 5.02 Å². The number of nitrogens with one attached hydrogen (secondary N) is 1. The summed E-state index contributed by atoms with van der Waals surface area (Å²) >= 11 is 9.21. The van der Waals surface area contributed by atoms with Crippen molar-refractivity contribution in [2.24, 2.45) is 0 Å². The molecule has 1 atom stereocenters. The van der Waals surface area contributed by atoms with E-state index in [-0.39, 0.29) is 5.56 Å². The highest BCUT2D eigenvalue weighted by Gasteiger charge is 2.39. The molecule has 130 valence electrons. The second kappa shape index (κ2) is 6.89. The van der Waals surface area contributed by atoms with Crippen LogP contribution in [0.15, 0.2) is 46.9 Å². The number of aromatic amines is 1. The number of hydrogen-bond donors (Lipinski definition) is 1. The molecule has 0 amide bonds. The van der Waals surface area contributed by atoms with Crippen LogP contribution in [0.25, 0.3) is 23.1 Å². The van der Waals surface area contributed by atoms with Crippen molar-refractivity contribution in [3.05, 3.63) is 68.8 Å². The highest BCUT2D eigenvalue weighted by Crippen LogP contribution is 2.40.